The van der Waals surface area contributed by atoms with Crippen LogP contribution in [-0.4, -0.2) is 4.40 Å². The van der Waals surface area contributed by atoms with Gasteiger partial charge in [0.2, 0.25) is 0 Å². The molecular formula is C58H31N3. The predicted molar refractivity (Wildman–Crippen MR) is 243 cm³/mol. The second-order valence-electron chi connectivity index (χ2n) is 17.5. The van der Waals surface area contributed by atoms with Crippen LogP contribution < -0.4 is 0 Å². The molecule has 0 amide bonds. The molecule has 6 aliphatic carbocycles. The van der Waals surface area contributed by atoms with Gasteiger partial charge in [0.25, 0.3) is 0 Å². The predicted octanol–water partition coefficient (Wildman–Crippen LogP) is 13.4. The number of rotatable bonds is 1. The molecule has 9 aromatic carbocycles. The van der Waals surface area contributed by atoms with Gasteiger partial charge in [0.15, 0.2) is 0 Å². The molecule has 0 spiro atoms. The summed E-state index contributed by atoms with van der Waals surface area (Å²) in [5, 5.41) is 29.9. The summed E-state index contributed by atoms with van der Waals surface area (Å²) in [4.78, 5) is 0. The van der Waals surface area contributed by atoms with Gasteiger partial charge in [-0.3, -0.25) is 0 Å². The number of hydrogen-bond acceptors (Lipinski definition) is 2. The molecule has 0 aliphatic heterocycles. The molecule has 17 rings (SSSR count). The van der Waals surface area contributed by atoms with Gasteiger partial charge in [-0.1, -0.05) is 152 Å². The lowest BCUT2D eigenvalue weighted by Crippen LogP contribution is -2.28. The Morgan fingerprint density at radius 3 is 1.15 bits per heavy atom. The zero-order valence-corrected chi connectivity index (χ0v) is 32.7. The Morgan fingerprint density at radius 2 is 0.721 bits per heavy atom. The molecule has 11 aromatic rings. The molecule has 4 bridgehead atoms. The van der Waals surface area contributed by atoms with Crippen LogP contribution in [-0.2, 0) is 0 Å². The third kappa shape index (κ3) is 3.57. The Hall–Kier alpha value is -7.98. The van der Waals surface area contributed by atoms with Gasteiger partial charge in [0.05, 0.1) is 39.8 Å². The van der Waals surface area contributed by atoms with E-state index in [9.17, 15) is 10.5 Å². The zero-order chi connectivity index (χ0) is 39.8. The molecule has 6 aliphatic rings. The third-order valence-corrected chi connectivity index (χ3v) is 15.1. The van der Waals surface area contributed by atoms with Crippen LogP contribution in [0.1, 0.15) is 102 Å². The highest BCUT2D eigenvalue weighted by Gasteiger charge is 2.47. The van der Waals surface area contributed by atoms with Crippen molar-refractivity contribution in [2.75, 3.05) is 0 Å². The standard InChI is InChI=1S/C58H31N3/c59-28-31-26-43-53(55-46(31)48-34-17-5-9-21-38(34)50(55)39-22-10-6-18-35(39)48)52-42-25-13-4-16-33(42)45(30-14-2-1-3-15-30)57-54-44(61(43)58(52)57)27-32(29-60)47-49-36-19-7-11-23-40(36)51(56(47)54)41-24-12-8-20-37(41)49/h1-27,48-51H. The van der Waals surface area contributed by atoms with E-state index in [4.69, 9.17) is 0 Å². The molecule has 0 unspecified atom stereocenters. The van der Waals surface area contributed by atoms with Crippen LogP contribution in [0.2, 0.25) is 0 Å². The minimum Gasteiger partial charge on any atom is -0.308 e. The van der Waals surface area contributed by atoms with Gasteiger partial charge in [-0.2, -0.15) is 10.5 Å². The van der Waals surface area contributed by atoms with E-state index in [0.717, 1.165) is 33.3 Å². The van der Waals surface area contributed by atoms with Crippen LogP contribution in [0.5, 0.6) is 0 Å². The van der Waals surface area contributed by atoms with E-state index in [2.05, 4.69) is 180 Å². The Morgan fingerprint density at radius 1 is 0.361 bits per heavy atom. The van der Waals surface area contributed by atoms with E-state index in [1.54, 1.807) is 0 Å². The third-order valence-electron chi connectivity index (χ3n) is 15.1. The SMILES string of the molecule is N#Cc1cc2c(c3c1C1c4ccccc4C3c3ccccc31)c1c(-c3ccccc3)c3ccccc3c3c4c5c(c(C#N)cc4n2c13)C1c2ccccc2C5c2ccccc21. The van der Waals surface area contributed by atoms with Gasteiger partial charge < -0.3 is 4.40 Å². The van der Waals surface area contributed by atoms with Crippen LogP contribution in [0.4, 0.5) is 0 Å². The van der Waals surface area contributed by atoms with Crippen molar-refractivity contribution >= 4 is 48.9 Å². The summed E-state index contributed by atoms with van der Waals surface area (Å²) in [6.07, 6.45) is 0. The fourth-order valence-electron chi connectivity index (χ4n) is 13.2. The quantitative estimate of drug-likeness (QED) is 0.167. The largest absolute Gasteiger partial charge is 0.308 e. The Balaban J connectivity index is 1.22. The molecule has 0 radical (unpaired) electrons. The monoisotopic (exact) mass is 769 g/mol. The summed E-state index contributed by atoms with van der Waals surface area (Å²) in [6.45, 7) is 0. The molecule has 0 atom stereocenters. The fraction of sp³-hybridized carbons (Fsp3) is 0.0690. The van der Waals surface area contributed by atoms with E-state index in [1.807, 2.05) is 0 Å². The highest BCUT2D eigenvalue weighted by atomic mass is 14.9. The lowest BCUT2D eigenvalue weighted by atomic mass is 9.59. The molecule has 3 heteroatoms. The van der Waals surface area contributed by atoms with E-state index in [1.165, 1.54) is 105 Å². The van der Waals surface area contributed by atoms with Gasteiger partial charge in [-0.25, -0.2) is 0 Å². The van der Waals surface area contributed by atoms with Gasteiger partial charge in [-0.05, 0) is 101 Å². The molecule has 61 heavy (non-hydrogen) atoms. The summed E-state index contributed by atoms with van der Waals surface area (Å²) < 4.78 is 2.47. The van der Waals surface area contributed by atoms with Crippen LogP contribution in [0, 0.1) is 22.7 Å². The molecule has 278 valence electrons. The number of nitriles is 2. The maximum atomic E-state index is 11.3. The molecule has 0 saturated carbocycles. The normalized spacial score (nSPS) is 18.5. The average molecular weight is 770 g/mol. The first kappa shape index (κ1) is 31.9. The van der Waals surface area contributed by atoms with Crippen molar-refractivity contribution in [2.45, 2.75) is 23.7 Å². The van der Waals surface area contributed by atoms with Crippen LogP contribution in [0.3, 0.4) is 0 Å². The molecule has 2 heterocycles. The fourth-order valence-corrected chi connectivity index (χ4v) is 13.2. The van der Waals surface area contributed by atoms with E-state index in [-0.39, 0.29) is 23.7 Å². The van der Waals surface area contributed by atoms with Crippen molar-refractivity contribution in [3.05, 3.63) is 242 Å². The minimum absolute atomic E-state index is 0.0286. The molecule has 0 saturated heterocycles. The summed E-state index contributed by atoms with van der Waals surface area (Å²) >= 11 is 0. The van der Waals surface area contributed by atoms with E-state index < -0.39 is 0 Å². The first-order valence-electron chi connectivity index (χ1n) is 21.3. The maximum Gasteiger partial charge on any atom is 0.0995 e. The molecular weight excluding hydrogens is 739 g/mol. The highest BCUT2D eigenvalue weighted by Crippen LogP contribution is 2.63. The molecule has 3 nitrogen and oxygen atoms in total. The summed E-state index contributed by atoms with van der Waals surface area (Å²) in [6, 6.07) is 65.4. The number of aromatic nitrogens is 1. The smallest absolute Gasteiger partial charge is 0.0995 e. The number of hydrogen-bond donors (Lipinski definition) is 0. The second-order valence-corrected chi connectivity index (χ2v) is 17.5. The van der Waals surface area contributed by atoms with Gasteiger partial charge in [0, 0.05) is 45.2 Å². The van der Waals surface area contributed by atoms with E-state index in [0.29, 0.717) is 0 Å². The summed E-state index contributed by atoms with van der Waals surface area (Å²) in [5.41, 5.74) is 22.4. The van der Waals surface area contributed by atoms with Gasteiger partial charge >= 0.3 is 0 Å². The van der Waals surface area contributed by atoms with Crippen molar-refractivity contribution in [3.63, 3.8) is 0 Å². The summed E-state index contributed by atoms with van der Waals surface area (Å²) in [5.74, 6) is -0.156. The van der Waals surface area contributed by atoms with Crippen LogP contribution >= 0.6 is 0 Å². The minimum atomic E-state index is -0.0481. The molecule has 2 aromatic heterocycles. The highest BCUT2D eigenvalue weighted by molar-refractivity contribution is 6.37. The van der Waals surface area contributed by atoms with Gasteiger partial charge in [0.1, 0.15) is 0 Å². The Labute approximate surface area is 350 Å². The second kappa shape index (κ2) is 11.0. The van der Waals surface area contributed by atoms with Crippen molar-refractivity contribution in [3.8, 4) is 23.3 Å². The van der Waals surface area contributed by atoms with E-state index >= 15 is 0 Å². The topological polar surface area (TPSA) is 52.0 Å². The van der Waals surface area contributed by atoms with Crippen molar-refractivity contribution in [1.29, 1.82) is 10.5 Å². The molecule has 0 fully saturated rings. The molecule has 0 N–H and O–H groups in total. The average Bonchev–Trinajstić information content (AvgIpc) is 3.85. The van der Waals surface area contributed by atoms with Crippen LogP contribution in [0.15, 0.2) is 164 Å². The zero-order valence-electron chi connectivity index (χ0n) is 32.7. The summed E-state index contributed by atoms with van der Waals surface area (Å²) in [7, 11) is 0. The first-order valence-corrected chi connectivity index (χ1v) is 21.3. The number of nitrogens with zero attached hydrogens (tertiary/aromatic N) is 3. The van der Waals surface area contributed by atoms with Crippen molar-refractivity contribution < 1.29 is 0 Å². The maximum absolute atomic E-state index is 11.3. The Kier molecular flexibility index (Phi) is 5.75. The van der Waals surface area contributed by atoms with Crippen molar-refractivity contribution in [2.24, 2.45) is 0 Å². The lowest BCUT2D eigenvalue weighted by molar-refractivity contribution is 0.758. The Bertz CT molecular complexity index is 3830. The number of fused-ring (bicyclic) bond motifs is 8. The van der Waals surface area contributed by atoms with Crippen molar-refractivity contribution in [1.82, 2.24) is 4.40 Å². The number of benzene rings is 9. The van der Waals surface area contributed by atoms with Gasteiger partial charge in [-0.15, -0.1) is 0 Å². The first-order chi connectivity index (χ1) is 30.3. The van der Waals surface area contributed by atoms with Crippen LogP contribution in [0.25, 0.3) is 60.0 Å². The lowest BCUT2D eigenvalue weighted by Gasteiger charge is -2.43.